The molecule has 9 nitrogen and oxygen atoms in total. The third-order valence-electron chi connectivity index (χ3n) is 5.29. The van der Waals surface area contributed by atoms with Crippen molar-refractivity contribution in [3.05, 3.63) is 62.1 Å². The van der Waals surface area contributed by atoms with Crippen LogP contribution < -0.4 is 10.7 Å². The van der Waals surface area contributed by atoms with E-state index in [2.05, 4.69) is 10.4 Å². The lowest BCUT2D eigenvalue weighted by Gasteiger charge is -2.18. The number of rotatable bonds is 3. The standard InChI is InChI=1S/C18H19N5O4/c1-11-6-16(24)17(18(25)21-9-12-7-19-8-13(12)10-21)20-22(11)14-4-2-3-5-15(14)23(26)27/h2-6,12-13,19H,7-10H2,1H3/t12-,13+. The molecule has 140 valence electrons. The van der Waals surface area contributed by atoms with Crippen LogP contribution in [0.2, 0.25) is 0 Å². The first-order valence-corrected chi connectivity index (χ1v) is 8.80. The Labute approximate surface area is 154 Å². The first-order chi connectivity index (χ1) is 13.0. The number of nitrogens with zero attached hydrogens (tertiary/aromatic N) is 4. The molecule has 2 aliphatic heterocycles. The van der Waals surface area contributed by atoms with Crippen LogP contribution in [0, 0.1) is 28.9 Å². The molecule has 3 heterocycles. The molecule has 2 aromatic rings. The molecule has 0 unspecified atom stereocenters. The number of carbonyl (C=O) groups is 1. The van der Waals surface area contributed by atoms with E-state index in [-0.39, 0.29) is 17.1 Å². The second-order valence-electron chi connectivity index (χ2n) is 7.04. The summed E-state index contributed by atoms with van der Waals surface area (Å²) in [5, 5.41) is 18.9. The lowest BCUT2D eigenvalue weighted by molar-refractivity contribution is -0.384. The molecule has 4 rings (SSSR count). The van der Waals surface area contributed by atoms with Gasteiger partial charge in [-0.25, -0.2) is 4.68 Å². The zero-order valence-corrected chi connectivity index (χ0v) is 14.8. The number of benzene rings is 1. The van der Waals surface area contributed by atoms with Gasteiger partial charge in [-0.2, -0.15) is 5.10 Å². The van der Waals surface area contributed by atoms with Gasteiger partial charge < -0.3 is 10.2 Å². The third-order valence-corrected chi connectivity index (χ3v) is 5.29. The van der Waals surface area contributed by atoms with Crippen LogP contribution in [-0.4, -0.2) is 51.7 Å². The van der Waals surface area contributed by atoms with Gasteiger partial charge in [-0.15, -0.1) is 0 Å². The highest BCUT2D eigenvalue weighted by molar-refractivity contribution is 5.92. The van der Waals surface area contributed by atoms with Crippen LogP contribution in [0.4, 0.5) is 5.69 Å². The van der Waals surface area contributed by atoms with Crippen LogP contribution >= 0.6 is 0 Å². The first-order valence-electron chi connectivity index (χ1n) is 8.80. The summed E-state index contributed by atoms with van der Waals surface area (Å²) in [5.74, 6) is 0.385. The molecule has 9 heteroatoms. The number of likely N-dealkylation sites (tertiary alicyclic amines) is 1. The van der Waals surface area contributed by atoms with Gasteiger partial charge in [-0.05, 0) is 24.8 Å². The number of aryl methyl sites for hydroxylation is 1. The summed E-state index contributed by atoms with van der Waals surface area (Å²) in [6.45, 7) is 4.56. The van der Waals surface area contributed by atoms with Gasteiger partial charge in [0.25, 0.3) is 11.6 Å². The van der Waals surface area contributed by atoms with Crippen molar-refractivity contribution in [2.75, 3.05) is 26.2 Å². The fourth-order valence-corrected chi connectivity index (χ4v) is 3.91. The Hall–Kier alpha value is -3.07. The summed E-state index contributed by atoms with van der Waals surface area (Å²) in [7, 11) is 0. The van der Waals surface area contributed by atoms with Crippen molar-refractivity contribution >= 4 is 11.6 Å². The van der Waals surface area contributed by atoms with Gasteiger partial charge in [0.2, 0.25) is 5.43 Å². The molecule has 27 heavy (non-hydrogen) atoms. The molecule has 1 aromatic heterocycles. The van der Waals surface area contributed by atoms with Crippen molar-refractivity contribution in [1.82, 2.24) is 20.0 Å². The van der Waals surface area contributed by atoms with Crippen molar-refractivity contribution in [1.29, 1.82) is 0 Å². The van der Waals surface area contributed by atoms with Crippen LogP contribution in [0.25, 0.3) is 5.69 Å². The molecular weight excluding hydrogens is 350 g/mol. The summed E-state index contributed by atoms with van der Waals surface area (Å²) in [6, 6.07) is 7.42. The van der Waals surface area contributed by atoms with E-state index in [0.29, 0.717) is 30.6 Å². The van der Waals surface area contributed by atoms with E-state index in [0.717, 1.165) is 13.1 Å². The van der Waals surface area contributed by atoms with Crippen molar-refractivity contribution in [3.63, 3.8) is 0 Å². The lowest BCUT2D eigenvalue weighted by Crippen LogP contribution is -2.36. The highest BCUT2D eigenvalue weighted by atomic mass is 16.6. The summed E-state index contributed by atoms with van der Waals surface area (Å²) in [6.07, 6.45) is 0. The number of carbonyl (C=O) groups excluding carboxylic acids is 1. The number of nitro benzene ring substituents is 1. The number of nitrogens with one attached hydrogen (secondary N) is 1. The molecule has 0 spiro atoms. The quantitative estimate of drug-likeness (QED) is 0.631. The van der Waals surface area contributed by atoms with Crippen molar-refractivity contribution in [3.8, 4) is 5.69 Å². The predicted octanol–water partition coefficient (Wildman–Crippen LogP) is 0.741. The van der Waals surface area contributed by atoms with E-state index >= 15 is 0 Å². The van der Waals surface area contributed by atoms with E-state index in [1.165, 1.54) is 16.8 Å². The molecule has 0 saturated carbocycles. The van der Waals surface area contributed by atoms with Gasteiger partial charge in [0.05, 0.1) is 4.92 Å². The van der Waals surface area contributed by atoms with Crippen molar-refractivity contribution in [2.45, 2.75) is 6.92 Å². The maximum atomic E-state index is 12.9. The molecule has 0 bridgehead atoms. The van der Waals surface area contributed by atoms with Gasteiger partial charge in [0, 0.05) is 44.0 Å². The molecule has 0 radical (unpaired) electrons. The molecular formula is C18H19N5O4. The Morgan fingerprint density at radius 2 is 1.93 bits per heavy atom. The van der Waals surface area contributed by atoms with Gasteiger partial charge in [-0.3, -0.25) is 19.7 Å². The molecule has 2 atom stereocenters. The Morgan fingerprint density at radius 3 is 2.59 bits per heavy atom. The minimum atomic E-state index is -0.509. The molecule has 1 N–H and O–H groups in total. The Kier molecular flexibility index (Phi) is 4.23. The number of hydrogen-bond donors (Lipinski definition) is 1. The van der Waals surface area contributed by atoms with Crippen molar-refractivity contribution in [2.24, 2.45) is 11.8 Å². The molecule has 1 aromatic carbocycles. The number of amides is 1. The monoisotopic (exact) mass is 369 g/mol. The highest BCUT2D eigenvalue weighted by Crippen LogP contribution is 2.27. The zero-order valence-electron chi connectivity index (χ0n) is 14.8. The molecule has 2 aliphatic rings. The Bertz CT molecular complexity index is 974. The van der Waals surface area contributed by atoms with Gasteiger partial charge in [0.15, 0.2) is 5.69 Å². The van der Waals surface area contributed by atoms with E-state index in [1.54, 1.807) is 30.0 Å². The largest absolute Gasteiger partial charge is 0.336 e. The lowest BCUT2D eigenvalue weighted by atomic mass is 10.0. The fourth-order valence-electron chi connectivity index (χ4n) is 3.91. The fraction of sp³-hybridized carbons (Fsp3) is 0.389. The molecule has 2 fully saturated rings. The van der Waals surface area contributed by atoms with Crippen LogP contribution in [0.5, 0.6) is 0 Å². The maximum absolute atomic E-state index is 12.9. The zero-order chi connectivity index (χ0) is 19.1. The average Bonchev–Trinajstić information content (AvgIpc) is 3.23. The number of hydrogen-bond acceptors (Lipinski definition) is 6. The normalized spacial score (nSPS) is 21.3. The minimum absolute atomic E-state index is 0.142. The first kappa shape index (κ1) is 17.3. The molecule has 2 saturated heterocycles. The summed E-state index contributed by atoms with van der Waals surface area (Å²) < 4.78 is 1.30. The van der Waals surface area contributed by atoms with Gasteiger partial charge >= 0.3 is 0 Å². The van der Waals surface area contributed by atoms with Crippen LogP contribution in [0.1, 0.15) is 16.2 Å². The summed E-state index contributed by atoms with van der Waals surface area (Å²) >= 11 is 0. The number of para-hydroxylation sites is 2. The van der Waals surface area contributed by atoms with Gasteiger partial charge in [-0.1, -0.05) is 12.1 Å². The molecule has 0 aliphatic carbocycles. The second kappa shape index (κ2) is 6.58. The average molecular weight is 369 g/mol. The van der Waals surface area contributed by atoms with E-state index in [9.17, 15) is 19.7 Å². The minimum Gasteiger partial charge on any atom is -0.336 e. The van der Waals surface area contributed by atoms with E-state index in [4.69, 9.17) is 0 Å². The van der Waals surface area contributed by atoms with E-state index < -0.39 is 16.3 Å². The number of aromatic nitrogens is 2. The smallest absolute Gasteiger partial charge is 0.294 e. The Morgan fingerprint density at radius 1 is 1.26 bits per heavy atom. The number of fused-ring (bicyclic) bond motifs is 1. The summed E-state index contributed by atoms with van der Waals surface area (Å²) in [5.41, 5.74) is -0.170. The third kappa shape index (κ3) is 2.99. The van der Waals surface area contributed by atoms with Gasteiger partial charge in [0.1, 0.15) is 5.69 Å². The summed E-state index contributed by atoms with van der Waals surface area (Å²) in [4.78, 5) is 37.8. The second-order valence-corrected chi connectivity index (χ2v) is 7.04. The van der Waals surface area contributed by atoms with Crippen LogP contribution in [0.3, 0.4) is 0 Å². The topological polar surface area (TPSA) is 110 Å². The molecule has 1 amide bonds. The predicted molar refractivity (Wildman–Crippen MR) is 97.0 cm³/mol. The van der Waals surface area contributed by atoms with Crippen LogP contribution in [0.15, 0.2) is 35.1 Å². The Balaban J connectivity index is 1.73. The highest BCUT2D eigenvalue weighted by Gasteiger charge is 2.39. The number of nitro groups is 1. The van der Waals surface area contributed by atoms with Crippen LogP contribution in [-0.2, 0) is 0 Å². The SMILES string of the molecule is Cc1cc(=O)c(C(=O)N2C[C@H]3CNC[C@H]3C2)nn1-c1ccccc1[N+](=O)[O-]. The van der Waals surface area contributed by atoms with E-state index in [1.807, 2.05) is 0 Å². The van der Waals surface area contributed by atoms with Crippen molar-refractivity contribution < 1.29 is 9.72 Å². The maximum Gasteiger partial charge on any atom is 0.294 e.